The van der Waals surface area contributed by atoms with E-state index < -0.39 is 30.7 Å². The number of ether oxygens (including phenoxy) is 2. The molecule has 1 aromatic rings. The van der Waals surface area contributed by atoms with E-state index in [2.05, 4.69) is 0 Å². The Morgan fingerprint density at radius 3 is 2.47 bits per heavy atom. The molecule has 3 rings (SSSR count). The third-order valence-electron chi connectivity index (χ3n) is 3.90. The van der Waals surface area contributed by atoms with Gasteiger partial charge in [-0.2, -0.15) is 0 Å². The highest BCUT2D eigenvalue weighted by atomic mass is 16.7. The van der Waals surface area contributed by atoms with Crippen LogP contribution in [0, 0.1) is 5.92 Å². The van der Waals surface area contributed by atoms with E-state index in [0.717, 1.165) is 5.56 Å². The first-order chi connectivity index (χ1) is 9.16. The minimum absolute atomic E-state index is 0.0895. The maximum atomic E-state index is 10.0. The molecule has 19 heavy (non-hydrogen) atoms. The molecule has 6 atom stereocenters. The topological polar surface area (TPSA) is 79.2 Å². The summed E-state index contributed by atoms with van der Waals surface area (Å²) in [7, 11) is 0. The van der Waals surface area contributed by atoms with Gasteiger partial charge in [0.2, 0.25) is 0 Å². The van der Waals surface area contributed by atoms with Gasteiger partial charge in [0.1, 0.15) is 12.2 Å². The number of aliphatic hydroxyl groups excluding tert-OH is 3. The molecule has 1 aliphatic heterocycles. The van der Waals surface area contributed by atoms with Gasteiger partial charge in [-0.25, -0.2) is 0 Å². The zero-order valence-electron chi connectivity index (χ0n) is 10.4. The highest BCUT2D eigenvalue weighted by Crippen LogP contribution is 2.37. The summed E-state index contributed by atoms with van der Waals surface area (Å²) in [5.74, 6) is -0.0895. The van der Waals surface area contributed by atoms with Crippen LogP contribution in [-0.2, 0) is 9.47 Å². The number of rotatable bonds is 1. The average molecular weight is 266 g/mol. The largest absolute Gasteiger partial charge is 0.390 e. The van der Waals surface area contributed by atoms with Crippen LogP contribution < -0.4 is 0 Å². The van der Waals surface area contributed by atoms with Gasteiger partial charge in [0.25, 0.3) is 0 Å². The van der Waals surface area contributed by atoms with Gasteiger partial charge in [0.05, 0.1) is 18.8 Å². The van der Waals surface area contributed by atoms with Gasteiger partial charge in [-0.3, -0.25) is 0 Å². The lowest BCUT2D eigenvalue weighted by Crippen LogP contribution is -2.57. The zero-order valence-corrected chi connectivity index (χ0v) is 10.4. The molecule has 1 saturated carbocycles. The first-order valence-corrected chi connectivity index (χ1v) is 6.53. The van der Waals surface area contributed by atoms with Crippen molar-refractivity contribution >= 4 is 0 Å². The molecule has 2 aliphatic rings. The zero-order chi connectivity index (χ0) is 13.4. The van der Waals surface area contributed by atoms with Crippen molar-refractivity contribution in [2.24, 2.45) is 5.92 Å². The van der Waals surface area contributed by atoms with Crippen molar-refractivity contribution in [1.82, 2.24) is 0 Å². The van der Waals surface area contributed by atoms with E-state index in [-0.39, 0.29) is 5.92 Å². The Labute approximate surface area is 111 Å². The molecule has 2 fully saturated rings. The number of hydrogen-bond donors (Lipinski definition) is 3. The quantitative estimate of drug-likeness (QED) is 0.677. The minimum Gasteiger partial charge on any atom is -0.390 e. The number of fused-ring (bicyclic) bond motifs is 1. The molecular weight excluding hydrogens is 248 g/mol. The van der Waals surface area contributed by atoms with E-state index in [1.54, 1.807) is 0 Å². The predicted molar refractivity (Wildman–Crippen MR) is 66.1 cm³/mol. The van der Waals surface area contributed by atoms with Crippen LogP contribution in [0.25, 0.3) is 0 Å². The molecule has 1 heterocycles. The van der Waals surface area contributed by atoms with Crippen LogP contribution >= 0.6 is 0 Å². The Kier molecular flexibility index (Phi) is 3.56. The van der Waals surface area contributed by atoms with Crippen LogP contribution in [-0.4, -0.2) is 46.3 Å². The van der Waals surface area contributed by atoms with Crippen molar-refractivity contribution in [3.63, 3.8) is 0 Å². The molecule has 1 aliphatic carbocycles. The standard InChI is InChI=1S/C14H18O5/c15-10-6-9-7-18-14(8-4-2-1-3-5-8)19-13(9)12(17)11(10)16/h1-5,9-17H,6-7H2/t9-,10+,11+,12-,13-,14?/m1/s1. The maximum Gasteiger partial charge on any atom is 0.184 e. The number of aliphatic hydroxyl groups is 3. The predicted octanol–water partition coefficient (Wildman–Crippen LogP) is 0.203. The van der Waals surface area contributed by atoms with Crippen molar-refractivity contribution < 1.29 is 24.8 Å². The molecule has 1 saturated heterocycles. The highest BCUT2D eigenvalue weighted by Gasteiger charge is 2.47. The lowest BCUT2D eigenvalue weighted by Gasteiger charge is -2.45. The highest BCUT2D eigenvalue weighted by molar-refractivity contribution is 5.16. The second kappa shape index (κ2) is 5.19. The molecule has 1 unspecified atom stereocenters. The fraction of sp³-hybridized carbons (Fsp3) is 0.571. The summed E-state index contributed by atoms with van der Waals surface area (Å²) < 4.78 is 11.4. The van der Waals surface area contributed by atoms with E-state index in [4.69, 9.17) is 9.47 Å². The van der Waals surface area contributed by atoms with Gasteiger partial charge in [-0.15, -0.1) is 0 Å². The lowest BCUT2D eigenvalue weighted by atomic mass is 9.80. The summed E-state index contributed by atoms with van der Waals surface area (Å²) in [4.78, 5) is 0. The van der Waals surface area contributed by atoms with Crippen LogP contribution in [0.15, 0.2) is 30.3 Å². The van der Waals surface area contributed by atoms with Crippen molar-refractivity contribution in [3.8, 4) is 0 Å². The van der Waals surface area contributed by atoms with Crippen molar-refractivity contribution in [3.05, 3.63) is 35.9 Å². The Bertz CT molecular complexity index is 421. The summed E-state index contributed by atoms with van der Waals surface area (Å²) in [5.41, 5.74) is 0.883. The van der Waals surface area contributed by atoms with Crippen LogP contribution in [0.4, 0.5) is 0 Å². The Balaban J connectivity index is 1.75. The third-order valence-corrected chi connectivity index (χ3v) is 3.90. The van der Waals surface area contributed by atoms with E-state index in [9.17, 15) is 15.3 Å². The Morgan fingerprint density at radius 1 is 1.00 bits per heavy atom. The van der Waals surface area contributed by atoms with Gasteiger partial charge in [-0.1, -0.05) is 30.3 Å². The molecule has 0 amide bonds. The maximum absolute atomic E-state index is 10.0. The van der Waals surface area contributed by atoms with Crippen molar-refractivity contribution in [2.75, 3.05) is 6.61 Å². The van der Waals surface area contributed by atoms with Crippen LogP contribution in [0.3, 0.4) is 0 Å². The summed E-state index contributed by atoms with van der Waals surface area (Å²) in [6.45, 7) is 0.408. The molecule has 5 heteroatoms. The summed E-state index contributed by atoms with van der Waals surface area (Å²) in [6.07, 6.45) is -3.81. The average Bonchev–Trinajstić information content (AvgIpc) is 2.46. The molecule has 0 spiro atoms. The molecule has 0 radical (unpaired) electrons. The summed E-state index contributed by atoms with van der Waals surface area (Å²) in [5, 5.41) is 29.4. The molecule has 0 aromatic heterocycles. The van der Waals surface area contributed by atoms with Crippen molar-refractivity contribution in [2.45, 2.75) is 37.1 Å². The molecule has 3 N–H and O–H groups in total. The van der Waals surface area contributed by atoms with E-state index in [1.165, 1.54) is 0 Å². The second-order valence-electron chi connectivity index (χ2n) is 5.22. The fourth-order valence-electron chi connectivity index (χ4n) is 2.82. The Morgan fingerprint density at radius 2 is 1.74 bits per heavy atom. The lowest BCUT2D eigenvalue weighted by molar-refractivity contribution is -0.291. The van der Waals surface area contributed by atoms with E-state index in [0.29, 0.717) is 13.0 Å². The fourth-order valence-corrected chi connectivity index (χ4v) is 2.82. The Hall–Kier alpha value is -0.980. The van der Waals surface area contributed by atoms with Gasteiger partial charge in [0.15, 0.2) is 6.29 Å². The normalized spacial score (nSPS) is 42.7. The van der Waals surface area contributed by atoms with Gasteiger partial charge in [-0.05, 0) is 6.42 Å². The van der Waals surface area contributed by atoms with Crippen LogP contribution in [0.2, 0.25) is 0 Å². The van der Waals surface area contributed by atoms with Crippen molar-refractivity contribution in [1.29, 1.82) is 0 Å². The molecule has 104 valence electrons. The third kappa shape index (κ3) is 2.40. The molecule has 5 nitrogen and oxygen atoms in total. The van der Waals surface area contributed by atoms with Gasteiger partial charge >= 0.3 is 0 Å². The first kappa shape index (κ1) is 13.0. The molecular formula is C14H18O5. The number of hydrogen-bond acceptors (Lipinski definition) is 5. The van der Waals surface area contributed by atoms with Crippen LogP contribution in [0.5, 0.6) is 0 Å². The van der Waals surface area contributed by atoms with E-state index in [1.807, 2.05) is 30.3 Å². The van der Waals surface area contributed by atoms with Gasteiger partial charge in [0, 0.05) is 11.5 Å². The van der Waals surface area contributed by atoms with E-state index >= 15 is 0 Å². The minimum atomic E-state index is -1.16. The molecule has 0 bridgehead atoms. The van der Waals surface area contributed by atoms with Crippen LogP contribution in [0.1, 0.15) is 18.3 Å². The summed E-state index contributed by atoms with van der Waals surface area (Å²) >= 11 is 0. The summed E-state index contributed by atoms with van der Waals surface area (Å²) in [6, 6.07) is 9.48. The SMILES string of the molecule is O[C@@H]1[C@@H](O)[C@@H](O)C[C@@H]2COC(c3ccccc3)O[C@H]21. The van der Waals surface area contributed by atoms with Gasteiger partial charge < -0.3 is 24.8 Å². The second-order valence-corrected chi connectivity index (χ2v) is 5.22. The number of benzene rings is 1. The molecule has 1 aromatic carbocycles. The monoisotopic (exact) mass is 266 g/mol. The first-order valence-electron chi connectivity index (χ1n) is 6.53. The smallest absolute Gasteiger partial charge is 0.184 e.